The van der Waals surface area contributed by atoms with Gasteiger partial charge in [-0.1, -0.05) is 41.5 Å². The molecular formula is C17H34N2O2. The lowest BCUT2D eigenvalue weighted by molar-refractivity contribution is -0.131. The highest BCUT2D eigenvalue weighted by Crippen LogP contribution is 2.24. The number of amides is 2. The molecule has 0 aromatic rings. The van der Waals surface area contributed by atoms with Crippen LogP contribution in [-0.4, -0.2) is 22.9 Å². The fourth-order valence-electron chi connectivity index (χ4n) is 2.18. The summed E-state index contributed by atoms with van der Waals surface area (Å²) in [6.07, 6.45) is 0.656. The molecule has 4 nitrogen and oxygen atoms in total. The van der Waals surface area contributed by atoms with Crippen LogP contribution in [0.3, 0.4) is 0 Å². The van der Waals surface area contributed by atoms with Crippen molar-refractivity contribution in [1.82, 2.24) is 10.6 Å². The van der Waals surface area contributed by atoms with Gasteiger partial charge in [0.1, 0.15) is 0 Å². The number of rotatable bonds is 4. The molecule has 4 heteroatoms. The zero-order chi connectivity index (χ0) is 17.3. The van der Waals surface area contributed by atoms with Crippen LogP contribution in [0.2, 0.25) is 0 Å². The molecule has 21 heavy (non-hydrogen) atoms. The van der Waals surface area contributed by atoms with Crippen LogP contribution in [0.5, 0.6) is 0 Å². The normalized spacial score (nSPS) is 13.8. The van der Waals surface area contributed by atoms with E-state index in [0.29, 0.717) is 6.42 Å². The maximum atomic E-state index is 12.1. The lowest BCUT2D eigenvalue weighted by Gasteiger charge is -2.39. The standard InChI is InChI=1S/C17H34N2O2/c1-14(2,3)12(20)18-16(7,8)11-17(9,10)19-13(21)15(4,5)6/h11H2,1-10H3,(H,18,20)(H,19,21). The zero-order valence-corrected chi connectivity index (χ0v) is 15.5. The van der Waals surface area contributed by atoms with Crippen molar-refractivity contribution in [2.45, 2.75) is 86.7 Å². The summed E-state index contributed by atoms with van der Waals surface area (Å²) >= 11 is 0. The minimum absolute atomic E-state index is 0.0189. The summed E-state index contributed by atoms with van der Waals surface area (Å²) in [5.41, 5.74) is -1.62. The van der Waals surface area contributed by atoms with Crippen LogP contribution < -0.4 is 10.6 Å². The number of hydrogen-bond acceptors (Lipinski definition) is 2. The van der Waals surface area contributed by atoms with E-state index in [2.05, 4.69) is 10.6 Å². The monoisotopic (exact) mass is 298 g/mol. The first kappa shape index (κ1) is 19.9. The third-order valence-electron chi connectivity index (χ3n) is 3.15. The molecule has 0 radical (unpaired) electrons. The Morgan fingerprint density at radius 3 is 1.05 bits per heavy atom. The summed E-state index contributed by atoms with van der Waals surface area (Å²) in [6.45, 7) is 19.3. The molecular weight excluding hydrogens is 264 g/mol. The van der Waals surface area contributed by atoms with Crippen molar-refractivity contribution in [3.05, 3.63) is 0 Å². The summed E-state index contributed by atoms with van der Waals surface area (Å²) in [5, 5.41) is 6.15. The van der Waals surface area contributed by atoms with Crippen LogP contribution in [0.1, 0.15) is 75.7 Å². The van der Waals surface area contributed by atoms with Gasteiger partial charge in [0.05, 0.1) is 0 Å². The topological polar surface area (TPSA) is 58.2 Å². The van der Waals surface area contributed by atoms with Crippen LogP contribution in [0.25, 0.3) is 0 Å². The molecule has 124 valence electrons. The van der Waals surface area contributed by atoms with Crippen molar-refractivity contribution >= 4 is 11.8 Å². The van der Waals surface area contributed by atoms with E-state index in [1.165, 1.54) is 0 Å². The number of hydrogen-bond donors (Lipinski definition) is 2. The predicted octanol–water partition coefficient (Wildman–Crippen LogP) is 3.26. The predicted molar refractivity (Wildman–Crippen MR) is 88.0 cm³/mol. The SMILES string of the molecule is CC(C)(CC(C)(C)NC(=O)C(C)(C)C)NC(=O)C(C)(C)C. The fourth-order valence-corrected chi connectivity index (χ4v) is 2.18. The highest BCUT2D eigenvalue weighted by atomic mass is 16.2. The number of carbonyl (C=O) groups excluding carboxylic acids is 2. The molecule has 0 saturated carbocycles. The molecule has 0 aromatic heterocycles. The van der Waals surface area contributed by atoms with Crippen molar-refractivity contribution < 1.29 is 9.59 Å². The Bertz CT molecular complexity index is 358. The first-order valence-electron chi connectivity index (χ1n) is 7.62. The summed E-state index contributed by atoms with van der Waals surface area (Å²) in [6, 6.07) is 0. The molecule has 0 aliphatic carbocycles. The zero-order valence-electron chi connectivity index (χ0n) is 15.5. The van der Waals surface area contributed by atoms with Gasteiger partial charge in [-0.05, 0) is 34.1 Å². The van der Waals surface area contributed by atoms with E-state index < -0.39 is 10.8 Å². The third kappa shape index (κ3) is 7.49. The van der Waals surface area contributed by atoms with Crippen molar-refractivity contribution in [3.63, 3.8) is 0 Å². The maximum Gasteiger partial charge on any atom is 0.225 e. The molecule has 0 aliphatic rings. The van der Waals surface area contributed by atoms with Crippen LogP contribution in [0, 0.1) is 10.8 Å². The average Bonchev–Trinajstić information content (AvgIpc) is 2.09. The van der Waals surface area contributed by atoms with Crippen LogP contribution in [-0.2, 0) is 9.59 Å². The molecule has 0 bridgehead atoms. The van der Waals surface area contributed by atoms with Gasteiger partial charge in [-0.2, -0.15) is 0 Å². The van der Waals surface area contributed by atoms with E-state index in [-0.39, 0.29) is 22.9 Å². The summed E-state index contributed by atoms with van der Waals surface area (Å²) in [5.74, 6) is 0.0379. The molecule has 0 aromatic carbocycles. The minimum Gasteiger partial charge on any atom is -0.351 e. The molecule has 0 spiro atoms. The van der Waals surface area contributed by atoms with Gasteiger partial charge < -0.3 is 10.6 Å². The Morgan fingerprint density at radius 2 is 0.857 bits per heavy atom. The van der Waals surface area contributed by atoms with Crippen LogP contribution >= 0.6 is 0 Å². The van der Waals surface area contributed by atoms with Gasteiger partial charge in [0, 0.05) is 21.9 Å². The first-order valence-corrected chi connectivity index (χ1v) is 7.62. The highest BCUT2D eigenvalue weighted by Gasteiger charge is 2.35. The smallest absolute Gasteiger partial charge is 0.225 e. The molecule has 0 atom stereocenters. The second-order valence-corrected chi connectivity index (χ2v) is 9.35. The second-order valence-electron chi connectivity index (χ2n) is 9.35. The Balaban J connectivity index is 4.84. The molecule has 2 N–H and O–H groups in total. The van der Waals surface area contributed by atoms with E-state index in [0.717, 1.165) is 0 Å². The lowest BCUT2D eigenvalue weighted by atomic mass is 9.84. The Labute approximate surface area is 130 Å². The van der Waals surface area contributed by atoms with E-state index in [9.17, 15) is 9.59 Å². The van der Waals surface area contributed by atoms with Crippen molar-refractivity contribution in [2.75, 3.05) is 0 Å². The van der Waals surface area contributed by atoms with Crippen molar-refractivity contribution in [1.29, 1.82) is 0 Å². The highest BCUT2D eigenvalue weighted by molar-refractivity contribution is 5.82. The Morgan fingerprint density at radius 1 is 0.619 bits per heavy atom. The Hall–Kier alpha value is -1.06. The summed E-state index contributed by atoms with van der Waals surface area (Å²) < 4.78 is 0. The Kier molecular flexibility index (Phi) is 5.67. The lowest BCUT2D eigenvalue weighted by Crippen LogP contribution is -2.56. The molecule has 0 rings (SSSR count). The van der Waals surface area contributed by atoms with E-state index >= 15 is 0 Å². The molecule has 0 heterocycles. The minimum atomic E-state index is -0.421. The summed E-state index contributed by atoms with van der Waals surface area (Å²) in [7, 11) is 0. The van der Waals surface area contributed by atoms with Crippen LogP contribution in [0.4, 0.5) is 0 Å². The van der Waals surface area contributed by atoms with E-state index in [4.69, 9.17) is 0 Å². The fraction of sp³-hybridized carbons (Fsp3) is 0.882. The van der Waals surface area contributed by atoms with Crippen LogP contribution in [0.15, 0.2) is 0 Å². The molecule has 0 aliphatic heterocycles. The average molecular weight is 298 g/mol. The largest absolute Gasteiger partial charge is 0.351 e. The third-order valence-corrected chi connectivity index (χ3v) is 3.15. The first-order chi connectivity index (χ1) is 8.96. The second kappa shape index (κ2) is 5.98. The molecule has 0 unspecified atom stereocenters. The van der Waals surface area contributed by atoms with Crippen molar-refractivity contribution in [2.24, 2.45) is 10.8 Å². The van der Waals surface area contributed by atoms with Crippen molar-refractivity contribution in [3.8, 4) is 0 Å². The van der Waals surface area contributed by atoms with Gasteiger partial charge >= 0.3 is 0 Å². The van der Waals surface area contributed by atoms with E-state index in [1.807, 2.05) is 69.2 Å². The van der Waals surface area contributed by atoms with Gasteiger partial charge in [-0.15, -0.1) is 0 Å². The van der Waals surface area contributed by atoms with Gasteiger partial charge in [-0.25, -0.2) is 0 Å². The summed E-state index contributed by atoms with van der Waals surface area (Å²) in [4.78, 5) is 24.3. The number of carbonyl (C=O) groups is 2. The quantitative estimate of drug-likeness (QED) is 0.837. The maximum absolute atomic E-state index is 12.1. The van der Waals surface area contributed by atoms with E-state index in [1.54, 1.807) is 0 Å². The molecule has 2 amide bonds. The molecule has 0 saturated heterocycles. The number of nitrogens with one attached hydrogen (secondary N) is 2. The van der Waals surface area contributed by atoms with Gasteiger partial charge in [-0.3, -0.25) is 9.59 Å². The molecule has 0 fully saturated rings. The van der Waals surface area contributed by atoms with Gasteiger partial charge in [0.25, 0.3) is 0 Å². The van der Waals surface area contributed by atoms with Gasteiger partial charge in [0.2, 0.25) is 11.8 Å². The van der Waals surface area contributed by atoms with Gasteiger partial charge in [0.15, 0.2) is 0 Å².